The van der Waals surface area contributed by atoms with Crippen molar-refractivity contribution in [2.75, 3.05) is 26.4 Å². The van der Waals surface area contributed by atoms with Crippen LogP contribution in [0.5, 0.6) is 11.5 Å². The Kier molecular flexibility index (Phi) is 34.6. The molecule has 10 N–H and O–H groups in total. The van der Waals surface area contributed by atoms with Crippen LogP contribution in [-0.4, -0.2) is 88.9 Å². The standard InChI is InChI=1S/C12H19N2O7P.C8H10NO6P.C4H11NO2.CH4.2CH3.2Db/c1-9-12(16)11(7-14-20-5-3-2-4-15)10(6-13-9)8-21-22(17,18)19;1-5-8(11)7(3-10)6(2-9-5)4-15-16(12,13)14;5-7-4-2-1-3-6;;;;;/h6-7,15-16H,2-5,8H2,1H3,(H2,17,18,19);2-3,11H,4H2,1H3,(H2,12,13,14);6H,1-5H2;1H4;2*1H3;;/q;;;;2*-1;;. The second-order valence-corrected chi connectivity index (χ2v) is 11.2. The second kappa shape index (κ2) is 30.2. The van der Waals surface area contributed by atoms with E-state index in [1.807, 2.05) is 0 Å². The van der Waals surface area contributed by atoms with Crippen molar-refractivity contribution < 1.29 is 72.6 Å². The van der Waals surface area contributed by atoms with E-state index in [2.05, 4.69) is 34.9 Å². The Morgan fingerprint density at radius 2 is 1.18 bits per heavy atom. The predicted octanol–water partition coefficient (Wildman–Crippen LogP) is 2.53. The number of aryl methyl sites for hydroxylation is 2. The van der Waals surface area contributed by atoms with Crippen molar-refractivity contribution in [3.63, 3.8) is 0 Å². The molecule has 23 heteroatoms. The van der Waals surface area contributed by atoms with Gasteiger partial charge in [-0.05, 0) is 39.5 Å². The number of hydrogen-bond acceptors (Lipinski definition) is 15. The van der Waals surface area contributed by atoms with E-state index in [1.54, 1.807) is 6.92 Å². The van der Waals surface area contributed by atoms with Crippen LogP contribution in [0, 0.1) is 28.7 Å². The first kappa shape index (κ1) is 57.4. The summed E-state index contributed by atoms with van der Waals surface area (Å²) in [6.45, 7) is 3.27. The number of aliphatic hydroxyl groups excluding tert-OH is 2. The van der Waals surface area contributed by atoms with Gasteiger partial charge in [-0.1, -0.05) is 12.6 Å². The average Bonchev–Trinajstić information content (AvgIpc) is 2.97. The number of aromatic nitrogens is 2. The number of rotatable bonds is 17. The van der Waals surface area contributed by atoms with Crippen molar-refractivity contribution >= 4 is 28.1 Å². The van der Waals surface area contributed by atoms with Crippen molar-refractivity contribution in [3.05, 3.63) is 60.9 Å². The maximum absolute atomic E-state index is 10.7. The van der Waals surface area contributed by atoms with Gasteiger partial charge in [-0.3, -0.25) is 23.8 Å². The molecule has 0 bridgehead atoms. The number of aldehydes is 1. The molecule has 2 aromatic rings. The zero-order chi connectivity index (χ0) is 34.5. The van der Waals surface area contributed by atoms with E-state index in [0.717, 1.165) is 12.8 Å². The minimum atomic E-state index is -4.63. The Morgan fingerprint density at radius 1 is 0.780 bits per heavy atom. The van der Waals surface area contributed by atoms with E-state index >= 15 is 0 Å². The number of pyridine rings is 2. The number of nitrogens with two attached hydrogens (primary N) is 1. The van der Waals surface area contributed by atoms with Gasteiger partial charge < -0.3 is 64.5 Å². The molecule has 19 nitrogen and oxygen atoms in total. The number of phosphoric ester groups is 2. The molecular weight excluding hydrogens is 1220 g/mol. The number of unbranched alkanes of at least 4 members (excludes halogenated alkanes) is 2. The zero-order valence-electron chi connectivity index (χ0n) is 28.0. The van der Waals surface area contributed by atoms with E-state index in [0.29, 0.717) is 38.0 Å². The van der Waals surface area contributed by atoms with Gasteiger partial charge in [0.1, 0.15) is 18.1 Å². The molecule has 0 saturated carbocycles. The number of aromatic hydroxyl groups is 2. The van der Waals surface area contributed by atoms with Crippen molar-refractivity contribution in [3.8, 4) is 11.5 Å². The molecule has 0 saturated heterocycles. The summed E-state index contributed by atoms with van der Waals surface area (Å²) in [5.41, 5.74) is 1.09. The van der Waals surface area contributed by atoms with Gasteiger partial charge in [-0.2, -0.15) is 0 Å². The van der Waals surface area contributed by atoms with Crippen LogP contribution >= 0.6 is 15.6 Å². The molecular formula is C27H50Db2N4O15P2-2. The maximum atomic E-state index is 10.7. The molecule has 2 rings (SSSR count). The Hall–Kier alpha value is -4.90. The molecule has 0 fully saturated rings. The summed E-state index contributed by atoms with van der Waals surface area (Å²) in [6, 6.07) is 0. The number of oxime groups is 1. The summed E-state index contributed by atoms with van der Waals surface area (Å²) in [4.78, 5) is 61.9. The van der Waals surface area contributed by atoms with Gasteiger partial charge in [0.2, 0.25) is 0 Å². The minimum Gasteiger partial charge on any atom is -0.505 e. The van der Waals surface area contributed by atoms with E-state index < -0.39 is 28.9 Å². The van der Waals surface area contributed by atoms with Gasteiger partial charge in [0.25, 0.3) is 0 Å². The van der Waals surface area contributed by atoms with Crippen LogP contribution in [0.25, 0.3) is 0 Å². The average molecular weight is 1270 g/mol. The summed E-state index contributed by atoms with van der Waals surface area (Å²) in [5.74, 6) is 4.20. The fourth-order valence-corrected chi connectivity index (χ4v) is 3.45. The van der Waals surface area contributed by atoms with Gasteiger partial charge >= 0.3 is 15.6 Å². The molecule has 0 amide bonds. The van der Waals surface area contributed by atoms with Crippen LogP contribution in [0.2, 0.25) is 0 Å². The number of carbonyl (C=O) groups is 1. The van der Waals surface area contributed by atoms with Crippen molar-refractivity contribution in [1.29, 1.82) is 0 Å². The first-order valence-electron chi connectivity index (χ1n) is 13.0. The monoisotopic (exact) mass is 1270 g/mol. The molecule has 2 heterocycles. The minimum absolute atomic E-state index is 0. The number of carbonyl (C=O) groups excluding carboxylic acids is 1. The topological polar surface area (TPSA) is 314 Å². The van der Waals surface area contributed by atoms with Gasteiger partial charge in [0.15, 0.2) is 6.29 Å². The Balaban J connectivity index is -0.000000154. The van der Waals surface area contributed by atoms with Gasteiger partial charge in [-0.15, -0.1) is 0 Å². The quantitative estimate of drug-likeness (QED) is 0.0274. The maximum Gasteiger partial charge on any atom is 0.469 e. The Labute approximate surface area is 280 Å². The Bertz CT molecular complexity index is 1300. The fraction of sp³-hybridized carbons (Fsp3) is 0.481. The number of hydrogen-bond donors (Lipinski definition) is 9. The molecule has 2 aromatic heterocycles. The van der Waals surface area contributed by atoms with Crippen LogP contribution in [0.3, 0.4) is 0 Å². The summed E-state index contributed by atoms with van der Waals surface area (Å²) < 4.78 is 29.8. The molecule has 0 unspecified atom stereocenters. The van der Waals surface area contributed by atoms with Crippen molar-refractivity contribution in [1.82, 2.24) is 9.97 Å². The third-order valence-electron chi connectivity index (χ3n) is 5.18. The molecule has 0 aromatic carbocycles. The fourth-order valence-electron chi connectivity index (χ4n) is 2.84. The molecule has 0 atom stereocenters. The van der Waals surface area contributed by atoms with Crippen LogP contribution in [0.1, 0.15) is 71.5 Å². The van der Waals surface area contributed by atoms with Crippen molar-refractivity contribution in [2.45, 2.75) is 60.2 Å². The second-order valence-electron chi connectivity index (χ2n) is 8.71. The van der Waals surface area contributed by atoms with E-state index in [-0.39, 0.29) is 74.9 Å². The number of phosphoric acid groups is 2. The third-order valence-corrected chi connectivity index (χ3v) is 6.11. The summed E-state index contributed by atoms with van der Waals surface area (Å²) in [7, 11) is -9.24. The normalized spacial score (nSPS) is 10.3. The SMILES string of the molecule is C.Cc1ncc(COP(=O)(O)O)c(C=NOCCCCO)c1O.Cc1ncc(COP(=O)(O)O)c(C=O)c1O.NOCCCCO.[CH3-].[CH3-].[Db].[Db]. The molecule has 50 heavy (non-hydrogen) atoms. The van der Waals surface area contributed by atoms with E-state index in [4.69, 9.17) is 34.6 Å². The smallest absolute Gasteiger partial charge is 0.469 e. The molecule has 0 aliphatic rings. The Morgan fingerprint density at radius 3 is 1.56 bits per heavy atom. The van der Waals surface area contributed by atoms with E-state index in [1.165, 1.54) is 25.5 Å². The van der Waals surface area contributed by atoms with Gasteiger partial charge in [0, 0.05) is 42.3 Å². The van der Waals surface area contributed by atoms with Crippen LogP contribution in [0.15, 0.2) is 17.5 Å². The first-order valence-corrected chi connectivity index (χ1v) is 16.1. The molecule has 0 spiro atoms. The third kappa shape index (κ3) is 25.2. The number of aliphatic hydroxyl groups is 2. The summed E-state index contributed by atoms with van der Waals surface area (Å²) in [5, 5.41) is 39.9. The summed E-state index contributed by atoms with van der Waals surface area (Å²) in [6.07, 6.45) is 6.99. The van der Waals surface area contributed by atoms with Crippen LogP contribution < -0.4 is 5.90 Å². The largest absolute Gasteiger partial charge is 0.505 e. The predicted molar refractivity (Wildman–Crippen MR) is 176 cm³/mol. The van der Waals surface area contributed by atoms with E-state index in [9.17, 15) is 24.1 Å². The first-order chi connectivity index (χ1) is 21.1. The van der Waals surface area contributed by atoms with Crippen LogP contribution in [0.4, 0.5) is 0 Å². The van der Waals surface area contributed by atoms with Gasteiger partial charge in [0.05, 0.1) is 43.0 Å². The van der Waals surface area contributed by atoms with Crippen molar-refractivity contribution in [2.24, 2.45) is 11.1 Å². The molecule has 0 aliphatic carbocycles. The van der Waals surface area contributed by atoms with Crippen LogP contribution in [-0.2, 0) is 41.1 Å². The summed E-state index contributed by atoms with van der Waals surface area (Å²) >= 11 is 0. The van der Waals surface area contributed by atoms with Gasteiger partial charge in [-0.25, -0.2) is 15.0 Å². The molecule has 284 valence electrons. The zero-order valence-corrected chi connectivity index (χ0v) is 42.7. The number of nitrogens with zero attached hydrogens (tertiary/aromatic N) is 3. The molecule has 0 aliphatic heterocycles. The molecule has 0 radical (unpaired) electrons.